The van der Waals surface area contributed by atoms with E-state index in [-0.39, 0.29) is 10.5 Å². The first-order valence-electron chi connectivity index (χ1n) is 8.80. The van der Waals surface area contributed by atoms with Crippen molar-refractivity contribution in [3.63, 3.8) is 0 Å². The van der Waals surface area contributed by atoms with Gasteiger partial charge in [-0.3, -0.25) is 9.59 Å². The minimum atomic E-state index is -0.507. The second-order valence-electron chi connectivity index (χ2n) is 6.37. The fourth-order valence-corrected chi connectivity index (χ4v) is 4.14. The van der Waals surface area contributed by atoms with Gasteiger partial charge in [0.25, 0.3) is 11.8 Å². The maximum atomic E-state index is 13.4. The summed E-state index contributed by atoms with van der Waals surface area (Å²) in [6.45, 7) is 0. The molecule has 1 aliphatic heterocycles. The Labute approximate surface area is 181 Å². The van der Waals surface area contributed by atoms with E-state index in [2.05, 4.69) is 0 Å². The molecule has 1 heterocycles. The van der Waals surface area contributed by atoms with Gasteiger partial charge < -0.3 is 0 Å². The molecule has 3 aromatic rings. The molecular weight excluding hydrogens is 423 g/mol. The van der Waals surface area contributed by atoms with Crippen LogP contribution in [-0.4, -0.2) is 11.8 Å². The number of anilines is 1. The molecule has 0 fully saturated rings. The number of nitrogens with zero attached hydrogens (tertiary/aromatic N) is 2. The van der Waals surface area contributed by atoms with Crippen molar-refractivity contribution in [3.8, 4) is 6.07 Å². The van der Waals surface area contributed by atoms with E-state index in [1.165, 1.54) is 36.4 Å². The molecule has 0 saturated carbocycles. The van der Waals surface area contributed by atoms with Crippen LogP contribution in [0.1, 0.15) is 11.1 Å². The standard InChI is InChI=1S/C23H12ClFN2O2S/c24-16-5-11-19(12-6-16)30-21-20(15-3-7-17(25)8-4-15)22(28)27(23(21)29)18-9-1-14(13-26)2-10-18/h1-12H. The fourth-order valence-electron chi connectivity index (χ4n) is 3.02. The summed E-state index contributed by atoms with van der Waals surface area (Å²) in [7, 11) is 0. The smallest absolute Gasteiger partial charge is 0.268 e. The van der Waals surface area contributed by atoms with Crippen molar-refractivity contribution in [2.45, 2.75) is 4.90 Å². The van der Waals surface area contributed by atoms with Crippen molar-refractivity contribution in [2.75, 3.05) is 4.90 Å². The van der Waals surface area contributed by atoms with E-state index in [0.29, 0.717) is 21.8 Å². The van der Waals surface area contributed by atoms with Crippen LogP contribution in [0.15, 0.2) is 82.6 Å². The molecule has 7 heteroatoms. The molecule has 30 heavy (non-hydrogen) atoms. The second-order valence-corrected chi connectivity index (χ2v) is 7.89. The van der Waals surface area contributed by atoms with Crippen molar-refractivity contribution in [2.24, 2.45) is 0 Å². The van der Waals surface area contributed by atoms with E-state index >= 15 is 0 Å². The van der Waals surface area contributed by atoms with Crippen molar-refractivity contribution < 1.29 is 14.0 Å². The Morgan fingerprint density at radius 2 is 1.50 bits per heavy atom. The molecule has 0 saturated heterocycles. The zero-order chi connectivity index (χ0) is 21.3. The molecule has 0 N–H and O–H groups in total. The van der Waals surface area contributed by atoms with Gasteiger partial charge in [0.05, 0.1) is 27.8 Å². The van der Waals surface area contributed by atoms with Crippen molar-refractivity contribution in [1.29, 1.82) is 5.26 Å². The van der Waals surface area contributed by atoms with Gasteiger partial charge in [-0.05, 0) is 66.2 Å². The minimum absolute atomic E-state index is 0.198. The lowest BCUT2D eigenvalue weighted by Crippen LogP contribution is -2.31. The van der Waals surface area contributed by atoms with Crippen LogP contribution >= 0.6 is 23.4 Å². The minimum Gasteiger partial charge on any atom is -0.268 e. The summed E-state index contributed by atoms with van der Waals surface area (Å²) in [4.78, 5) is 28.6. The lowest BCUT2D eigenvalue weighted by atomic mass is 10.1. The van der Waals surface area contributed by atoms with Crippen LogP contribution in [0.25, 0.3) is 5.57 Å². The van der Waals surface area contributed by atoms with Crippen LogP contribution in [0.3, 0.4) is 0 Å². The normalized spacial score (nSPS) is 13.7. The van der Waals surface area contributed by atoms with Crippen molar-refractivity contribution in [1.82, 2.24) is 0 Å². The number of thioether (sulfide) groups is 1. The lowest BCUT2D eigenvalue weighted by molar-refractivity contribution is -0.119. The van der Waals surface area contributed by atoms with Crippen LogP contribution < -0.4 is 4.90 Å². The molecule has 1 aliphatic rings. The van der Waals surface area contributed by atoms with Crippen molar-refractivity contribution >= 4 is 46.4 Å². The quantitative estimate of drug-likeness (QED) is 0.514. The van der Waals surface area contributed by atoms with Gasteiger partial charge in [-0.25, -0.2) is 9.29 Å². The van der Waals surface area contributed by atoms with Gasteiger partial charge in [-0.15, -0.1) is 0 Å². The summed E-state index contributed by atoms with van der Waals surface area (Å²) in [5.74, 6) is -1.43. The van der Waals surface area contributed by atoms with E-state index in [0.717, 1.165) is 21.6 Å². The first kappa shape index (κ1) is 19.9. The van der Waals surface area contributed by atoms with Gasteiger partial charge in [0.2, 0.25) is 0 Å². The maximum Gasteiger partial charge on any atom is 0.272 e. The SMILES string of the molecule is N#Cc1ccc(N2C(=O)C(Sc3ccc(Cl)cc3)=C(c3ccc(F)cc3)C2=O)cc1. The number of hydrogen-bond acceptors (Lipinski definition) is 4. The van der Waals surface area contributed by atoms with Crippen LogP contribution in [0.4, 0.5) is 10.1 Å². The molecule has 0 unspecified atom stereocenters. The van der Waals surface area contributed by atoms with Crippen LogP contribution in [-0.2, 0) is 9.59 Å². The highest BCUT2D eigenvalue weighted by Gasteiger charge is 2.40. The average Bonchev–Trinajstić information content (AvgIpc) is 3.00. The highest BCUT2D eigenvalue weighted by Crippen LogP contribution is 2.41. The summed E-state index contributed by atoms with van der Waals surface area (Å²) in [5.41, 5.74) is 1.42. The fraction of sp³-hybridized carbons (Fsp3) is 0. The average molecular weight is 435 g/mol. The molecule has 4 rings (SSSR count). The summed E-state index contributed by atoms with van der Waals surface area (Å²) in [6, 6.07) is 20.5. The van der Waals surface area contributed by atoms with Gasteiger partial charge in [-0.1, -0.05) is 35.5 Å². The number of carbonyl (C=O) groups excluding carboxylic acids is 2. The Morgan fingerprint density at radius 3 is 2.10 bits per heavy atom. The summed E-state index contributed by atoms with van der Waals surface area (Å²) in [6.07, 6.45) is 0. The number of hydrogen-bond donors (Lipinski definition) is 0. The Kier molecular flexibility index (Phi) is 5.40. The Morgan fingerprint density at radius 1 is 0.867 bits per heavy atom. The van der Waals surface area contributed by atoms with Crippen molar-refractivity contribution in [3.05, 3.63) is 99.7 Å². The summed E-state index contributed by atoms with van der Waals surface area (Å²) < 4.78 is 13.4. The number of rotatable bonds is 4. The third-order valence-electron chi connectivity index (χ3n) is 4.46. The lowest BCUT2D eigenvalue weighted by Gasteiger charge is -2.15. The highest BCUT2D eigenvalue weighted by atomic mass is 35.5. The monoisotopic (exact) mass is 434 g/mol. The predicted molar refractivity (Wildman–Crippen MR) is 114 cm³/mol. The number of imide groups is 1. The van der Waals surface area contributed by atoms with Crippen LogP contribution in [0.2, 0.25) is 5.02 Å². The summed E-state index contributed by atoms with van der Waals surface area (Å²) >= 11 is 7.09. The largest absolute Gasteiger partial charge is 0.272 e. The zero-order valence-corrected chi connectivity index (χ0v) is 16.9. The Hall–Kier alpha value is -3.40. The highest BCUT2D eigenvalue weighted by molar-refractivity contribution is 8.04. The number of nitriles is 1. The van der Waals surface area contributed by atoms with E-state index < -0.39 is 17.6 Å². The number of amides is 2. The van der Waals surface area contributed by atoms with Crippen LogP contribution in [0, 0.1) is 17.1 Å². The topological polar surface area (TPSA) is 61.2 Å². The van der Waals surface area contributed by atoms with E-state index in [4.69, 9.17) is 16.9 Å². The maximum absolute atomic E-state index is 13.4. The van der Waals surface area contributed by atoms with Gasteiger partial charge in [0.1, 0.15) is 5.82 Å². The van der Waals surface area contributed by atoms with E-state index in [9.17, 15) is 14.0 Å². The van der Waals surface area contributed by atoms with Gasteiger partial charge in [0.15, 0.2) is 0 Å². The molecule has 2 amide bonds. The van der Waals surface area contributed by atoms with Crippen LogP contribution in [0.5, 0.6) is 0 Å². The number of benzene rings is 3. The first-order valence-corrected chi connectivity index (χ1v) is 10.00. The Bertz CT molecular complexity index is 1210. The third-order valence-corrected chi connectivity index (χ3v) is 5.81. The predicted octanol–water partition coefficient (Wildman–Crippen LogP) is 5.43. The Balaban J connectivity index is 1.80. The molecule has 146 valence electrons. The molecule has 0 aromatic heterocycles. The molecule has 3 aromatic carbocycles. The summed E-state index contributed by atoms with van der Waals surface area (Å²) in [5, 5.41) is 9.54. The first-order chi connectivity index (χ1) is 14.5. The zero-order valence-electron chi connectivity index (χ0n) is 15.3. The third kappa shape index (κ3) is 3.73. The number of halogens is 2. The molecule has 0 spiro atoms. The van der Waals surface area contributed by atoms with E-state index in [1.807, 2.05) is 6.07 Å². The molecular formula is C23H12ClFN2O2S. The molecule has 0 radical (unpaired) electrons. The second kappa shape index (κ2) is 8.15. The van der Waals surface area contributed by atoms with Gasteiger partial charge in [-0.2, -0.15) is 5.26 Å². The number of carbonyl (C=O) groups is 2. The molecule has 0 atom stereocenters. The van der Waals surface area contributed by atoms with Gasteiger partial charge >= 0.3 is 0 Å². The molecule has 0 aliphatic carbocycles. The van der Waals surface area contributed by atoms with Gasteiger partial charge in [0, 0.05) is 9.92 Å². The molecule has 0 bridgehead atoms. The molecule has 4 nitrogen and oxygen atoms in total. The van der Waals surface area contributed by atoms with E-state index in [1.54, 1.807) is 36.4 Å².